The lowest BCUT2D eigenvalue weighted by Gasteiger charge is -2.55. The van der Waals surface area contributed by atoms with Gasteiger partial charge >= 0.3 is 0 Å². The molecule has 2 aliphatic heterocycles. The third kappa shape index (κ3) is 3.49. The number of hydrogen-bond donors (Lipinski definition) is 0. The zero-order valence-electron chi connectivity index (χ0n) is 23.1. The minimum atomic E-state index is -0.0636. The summed E-state index contributed by atoms with van der Waals surface area (Å²) in [5.74, 6) is 1.19. The quantitative estimate of drug-likeness (QED) is 0.405. The number of rotatable bonds is 6. The van der Waals surface area contributed by atoms with E-state index < -0.39 is 0 Å². The summed E-state index contributed by atoms with van der Waals surface area (Å²) in [6, 6.07) is 9.94. The van der Waals surface area contributed by atoms with E-state index in [0.29, 0.717) is 17.9 Å². The predicted molar refractivity (Wildman–Crippen MR) is 152 cm³/mol. The van der Waals surface area contributed by atoms with Crippen LogP contribution in [0.1, 0.15) is 96.5 Å². The molecule has 3 heterocycles. The standard InChI is InChI=1S/C34H44N2O/c1-4-18-36(19-5-2)29-9-8-27-21-28-12-14-32(3)30(25-7-6-24-13-17-35-23-26(24)20-25)10-11-31(32)34(28)16-15-33(27,22-29)37-34/h6-7,12-13,17,20-21,23,29-31H,4-5,8-11,14-16,18-19,22H2,1-3H3/t29-,30?,31+,32+,33+,34+/m0/s1. The van der Waals surface area contributed by atoms with Crippen LogP contribution in [0.15, 0.2) is 60.0 Å². The largest absolute Gasteiger partial charge is 0.359 e. The summed E-state index contributed by atoms with van der Waals surface area (Å²) in [5.41, 5.74) is 4.85. The minimum Gasteiger partial charge on any atom is -0.359 e. The summed E-state index contributed by atoms with van der Waals surface area (Å²) < 4.78 is 7.58. The monoisotopic (exact) mass is 496 g/mol. The lowest BCUT2D eigenvalue weighted by molar-refractivity contribution is -0.141. The second-order valence-corrected chi connectivity index (χ2v) is 13.1. The number of ether oxygens (including phenoxy) is 1. The molecule has 2 aromatic rings. The molecule has 6 atom stereocenters. The fraction of sp³-hybridized carbons (Fsp3) is 0.618. The second-order valence-electron chi connectivity index (χ2n) is 13.1. The SMILES string of the molecule is CCCN(CCC)[C@H]1CCC2=CC3=CC[C@]4(C)C(c5ccc6ccncc6c5)CC[C@H]4[C@@]34CC[C@]2(C1)O4. The van der Waals surface area contributed by atoms with E-state index in [1.807, 2.05) is 12.4 Å². The Labute approximate surface area is 223 Å². The number of aromatic nitrogens is 1. The Morgan fingerprint density at radius 1 is 1.03 bits per heavy atom. The van der Waals surface area contributed by atoms with Crippen LogP contribution < -0.4 is 0 Å². The number of allylic oxidation sites excluding steroid dienone is 1. The fourth-order valence-electron chi connectivity index (χ4n) is 9.61. The average Bonchev–Trinajstić information content (AvgIpc) is 3.43. The van der Waals surface area contributed by atoms with Gasteiger partial charge in [-0.2, -0.15) is 0 Å². The van der Waals surface area contributed by atoms with Crippen molar-refractivity contribution in [2.75, 3.05) is 13.1 Å². The zero-order valence-corrected chi connectivity index (χ0v) is 23.1. The van der Waals surface area contributed by atoms with Crippen molar-refractivity contribution in [2.24, 2.45) is 11.3 Å². The maximum atomic E-state index is 7.58. The van der Waals surface area contributed by atoms with Crippen LogP contribution in [0.25, 0.3) is 10.8 Å². The third-order valence-electron chi connectivity index (χ3n) is 11.3. The van der Waals surface area contributed by atoms with Crippen LogP contribution in [0.4, 0.5) is 0 Å². The molecule has 196 valence electrons. The first kappa shape index (κ1) is 24.1. The first-order valence-electron chi connectivity index (χ1n) is 15.2. The Balaban J connectivity index is 1.21. The molecule has 0 radical (unpaired) electrons. The molecule has 1 aromatic heterocycles. The molecule has 3 fully saturated rings. The van der Waals surface area contributed by atoms with Crippen molar-refractivity contribution in [3.63, 3.8) is 0 Å². The first-order chi connectivity index (χ1) is 18.0. The molecule has 2 saturated carbocycles. The van der Waals surface area contributed by atoms with Crippen LogP contribution in [0, 0.1) is 11.3 Å². The van der Waals surface area contributed by atoms with Gasteiger partial charge in [-0.1, -0.05) is 45.1 Å². The Morgan fingerprint density at radius 3 is 2.73 bits per heavy atom. The molecule has 1 saturated heterocycles. The van der Waals surface area contributed by atoms with E-state index in [4.69, 9.17) is 4.74 Å². The Kier molecular flexibility index (Phi) is 5.72. The molecule has 37 heavy (non-hydrogen) atoms. The van der Waals surface area contributed by atoms with Gasteiger partial charge in [0.15, 0.2) is 0 Å². The van der Waals surface area contributed by atoms with E-state index >= 15 is 0 Å². The predicted octanol–water partition coefficient (Wildman–Crippen LogP) is 7.97. The van der Waals surface area contributed by atoms with E-state index in [2.05, 4.69) is 67.1 Å². The average molecular weight is 497 g/mol. The zero-order chi connectivity index (χ0) is 25.3. The van der Waals surface area contributed by atoms with Crippen molar-refractivity contribution >= 4 is 10.8 Å². The minimum absolute atomic E-state index is 0.00898. The lowest BCUT2D eigenvalue weighted by Crippen LogP contribution is -2.55. The number of pyridine rings is 1. The highest BCUT2D eigenvalue weighted by Crippen LogP contribution is 2.69. The lowest BCUT2D eigenvalue weighted by atomic mass is 9.58. The number of hydrogen-bond acceptors (Lipinski definition) is 3. The molecule has 3 heteroatoms. The highest BCUT2D eigenvalue weighted by Gasteiger charge is 2.66. The van der Waals surface area contributed by atoms with Crippen molar-refractivity contribution in [1.29, 1.82) is 0 Å². The Hall–Kier alpha value is -1.97. The van der Waals surface area contributed by atoms with Gasteiger partial charge in [-0.3, -0.25) is 4.98 Å². The van der Waals surface area contributed by atoms with Gasteiger partial charge < -0.3 is 9.64 Å². The van der Waals surface area contributed by atoms with Gasteiger partial charge in [0.1, 0.15) is 0 Å². The van der Waals surface area contributed by atoms with Crippen LogP contribution >= 0.6 is 0 Å². The summed E-state index contributed by atoms with van der Waals surface area (Å²) in [6.07, 6.45) is 21.6. The Morgan fingerprint density at radius 2 is 1.89 bits per heavy atom. The molecule has 0 amide bonds. The molecule has 5 aliphatic rings. The summed E-state index contributed by atoms with van der Waals surface area (Å²) in [6.45, 7) is 9.71. The molecule has 2 spiro atoms. The van der Waals surface area contributed by atoms with Gasteiger partial charge in [-0.05, 0) is 129 Å². The van der Waals surface area contributed by atoms with Crippen LogP contribution in [0.3, 0.4) is 0 Å². The third-order valence-corrected chi connectivity index (χ3v) is 11.3. The van der Waals surface area contributed by atoms with Gasteiger partial charge in [-0.15, -0.1) is 0 Å². The van der Waals surface area contributed by atoms with E-state index in [0.717, 1.165) is 0 Å². The number of benzene rings is 1. The molecular formula is C34H44N2O. The first-order valence-corrected chi connectivity index (χ1v) is 15.2. The second kappa shape index (κ2) is 8.78. The molecule has 7 rings (SSSR count). The van der Waals surface area contributed by atoms with Gasteiger partial charge in [0, 0.05) is 23.8 Å². The van der Waals surface area contributed by atoms with Gasteiger partial charge in [0.25, 0.3) is 0 Å². The molecular weight excluding hydrogens is 452 g/mol. The van der Waals surface area contributed by atoms with Gasteiger partial charge in [0.2, 0.25) is 0 Å². The molecule has 1 aromatic carbocycles. The molecule has 2 bridgehead atoms. The van der Waals surface area contributed by atoms with Crippen LogP contribution in [0.5, 0.6) is 0 Å². The molecule has 3 aliphatic carbocycles. The summed E-state index contributed by atoms with van der Waals surface area (Å²) in [4.78, 5) is 7.19. The van der Waals surface area contributed by atoms with E-state index in [9.17, 15) is 0 Å². The Bertz CT molecular complexity index is 1260. The highest BCUT2D eigenvalue weighted by atomic mass is 16.5. The molecule has 3 nitrogen and oxygen atoms in total. The van der Waals surface area contributed by atoms with E-state index in [-0.39, 0.29) is 16.6 Å². The summed E-state index contributed by atoms with van der Waals surface area (Å²) >= 11 is 0. The van der Waals surface area contributed by atoms with Crippen molar-refractivity contribution in [3.8, 4) is 0 Å². The molecule has 0 N–H and O–H groups in total. The summed E-state index contributed by atoms with van der Waals surface area (Å²) in [7, 11) is 0. The number of fused-ring (bicyclic) bond motifs is 2. The van der Waals surface area contributed by atoms with Crippen molar-refractivity contribution in [1.82, 2.24) is 9.88 Å². The maximum Gasteiger partial charge on any atom is 0.0974 e. The van der Waals surface area contributed by atoms with Crippen molar-refractivity contribution < 1.29 is 4.74 Å². The van der Waals surface area contributed by atoms with Crippen LogP contribution in [0.2, 0.25) is 0 Å². The van der Waals surface area contributed by atoms with E-state index in [1.54, 1.807) is 11.1 Å². The van der Waals surface area contributed by atoms with Crippen molar-refractivity contribution in [3.05, 3.63) is 65.5 Å². The van der Waals surface area contributed by atoms with Gasteiger partial charge in [0.05, 0.1) is 11.2 Å². The summed E-state index contributed by atoms with van der Waals surface area (Å²) in [5, 5.41) is 2.57. The normalized spacial score (nSPS) is 38.2. The topological polar surface area (TPSA) is 25.4 Å². The van der Waals surface area contributed by atoms with Crippen LogP contribution in [-0.2, 0) is 4.74 Å². The highest BCUT2D eigenvalue weighted by molar-refractivity contribution is 5.82. The molecule has 1 unspecified atom stereocenters. The van der Waals surface area contributed by atoms with Crippen molar-refractivity contribution in [2.45, 2.75) is 108 Å². The van der Waals surface area contributed by atoms with Gasteiger partial charge in [-0.25, -0.2) is 0 Å². The van der Waals surface area contributed by atoms with E-state index in [1.165, 1.54) is 93.6 Å². The smallest absolute Gasteiger partial charge is 0.0974 e. The maximum absolute atomic E-state index is 7.58. The number of nitrogens with zero attached hydrogens (tertiary/aromatic N) is 2. The van der Waals surface area contributed by atoms with Crippen LogP contribution in [-0.4, -0.2) is 40.2 Å². The fourth-order valence-corrected chi connectivity index (χ4v) is 9.61.